The van der Waals surface area contributed by atoms with Crippen LogP contribution < -0.4 is 5.73 Å². The fourth-order valence-corrected chi connectivity index (χ4v) is 1.19. The van der Waals surface area contributed by atoms with Crippen LogP contribution in [0.1, 0.15) is 18.0 Å². The minimum atomic E-state index is -0.203. The Hall–Kier alpha value is -1.06. The van der Waals surface area contributed by atoms with Gasteiger partial charge in [0.25, 0.3) is 0 Å². The maximum absolute atomic E-state index is 11.4. The molecular weight excluding hydrogens is 212 g/mol. The summed E-state index contributed by atoms with van der Waals surface area (Å²) in [6.07, 6.45) is 0.358. The van der Waals surface area contributed by atoms with Crippen LogP contribution in [0.25, 0.3) is 0 Å². The molecule has 1 aromatic rings. The number of hydrogen-bond donors (Lipinski definition) is 1. The predicted molar refractivity (Wildman–Crippen MR) is 63.9 cm³/mol. The van der Waals surface area contributed by atoms with E-state index in [1.165, 1.54) is 0 Å². The lowest BCUT2D eigenvalue weighted by atomic mass is 10.0. The molecule has 0 aliphatic heterocycles. The lowest BCUT2D eigenvalue weighted by Crippen LogP contribution is -2.26. The van der Waals surface area contributed by atoms with E-state index in [9.17, 15) is 4.79 Å². The molecule has 2 N–H and O–H groups in total. The van der Waals surface area contributed by atoms with Crippen molar-refractivity contribution in [3.63, 3.8) is 0 Å². The minimum absolute atomic E-state index is 0. The van der Waals surface area contributed by atoms with Crippen LogP contribution in [0.5, 0.6) is 0 Å². The lowest BCUT2D eigenvalue weighted by Gasteiger charge is -2.15. The van der Waals surface area contributed by atoms with Gasteiger partial charge in [-0.1, -0.05) is 30.3 Å². The van der Waals surface area contributed by atoms with Crippen molar-refractivity contribution in [2.75, 3.05) is 14.1 Å². The van der Waals surface area contributed by atoms with Crippen LogP contribution in [-0.2, 0) is 4.79 Å². The first-order valence-electron chi connectivity index (χ1n) is 4.62. The number of carbonyl (C=O) groups excluding carboxylic acids is 1. The third kappa shape index (κ3) is 4.32. The van der Waals surface area contributed by atoms with Crippen LogP contribution in [0.15, 0.2) is 30.3 Å². The number of rotatable bonds is 3. The zero-order valence-electron chi connectivity index (χ0n) is 9.01. The topological polar surface area (TPSA) is 46.3 Å². The van der Waals surface area contributed by atoms with Crippen LogP contribution in [0, 0.1) is 0 Å². The standard InChI is InChI=1S/C11H16N2O.ClH/c1-13(2)11(14)8-10(12)9-6-4-3-5-7-9;/h3-7,10H,8,12H2,1-2H3;1H. The molecule has 84 valence electrons. The second-order valence-corrected chi connectivity index (χ2v) is 3.51. The highest BCUT2D eigenvalue weighted by Crippen LogP contribution is 2.13. The predicted octanol–water partition coefficient (Wildman–Crippen LogP) is 1.59. The zero-order valence-corrected chi connectivity index (χ0v) is 9.83. The molecule has 0 spiro atoms. The van der Waals surface area contributed by atoms with Crippen LogP contribution in [0.2, 0.25) is 0 Å². The van der Waals surface area contributed by atoms with Gasteiger partial charge in [0, 0.05) is 26.6 Å². The summed E-state index contributed by atoms with van der Waals surface area (Å²) in [5, 5.41) is 0. The average molecular weight is 229 g/mol. The summed E-state index contributed by atoms with van der Waals surface area (Å²) in [4.78, 5) is 12.9. The molecule has 3 nitrogen and oxygen atoms in total. The molecule has 1 atom stereocenters. The Morgan fingerprint density at radius 3 is 2.33 bits per heavy atom. The highest BCUT2D eigenvalue weighted by molar-refractivity contribution is 5.85. The molecule has 0 aliphatic carbocycles. The molecular formula is C11H17ClN2O. The Kier molecular flexibility index (Phi) is 5.97. The fourth-order valence-electron chi connectivity index (χ4n) is 1.19. The van der Waals surface area contributed by atoms with E-state index in [0.29, 0.717) is 6.42 Å². The Balaban J connectivity index is 0.00000196. The molecule has 0 aromatic heterocycles. The summed E-state index contributed by atoms with van der Waals surface area (Å²) in [7, 11) is 3.47. The van der Waals surface area contributed by atoms with E-state index in [-0.39, 0.29) is 24.4 Å². The first kappa shape index (κ1) is 13.9. The van der Waals surface area contributed by atoms with Crippen LogP contribution >= 0.6 is 12.4 Å². The highest BCUT2D eigenvalue weighted by atomic mass is 35.5. The molecule has 1 unspecified atom stereocenters. The first-order valence-corrected chi connectivity index (χ1v) is 4.62. The van der Waals surface area contributed by atoms with Crippen LogP contribution in [0.4, 0.5) is 0 Å². The summed E-state index contributed by atoms with van der Waals surface area (Å²) < 4.78 is 0. The Morgan fingerprint density at radius 2 is 1.87 bits per heavy atom. The summed E-state index contributed by atoms with van der Waals surface area (Å²) in [6, 6.07) is 9.46. The zero-order chi connectivity index (χ0) is 10.6. The highest BCUT2D eigenvalue weighted by Gasteiger charge is 2.12. The van der Waals surface area contributed by atoms with Gasteiger partial charge in [-0.05, 0) is 5.56 Å². The second-order valence-electron chi connectivity index (χ2n) is 3.51. The van der Waals surface area contributed by atoms with Gasteiger partial charge in [-0.3, -0.25) is 4.79 Å². The van der Waals surface area contributed by atoms with E-state index in [1.807, 2.05) is 30.3 Å². The molecule has 1 rings (SSSR count). The van der Waals surface area contributed by atoms with Crippen LogP contribution in [0.3, 0.4) is 0 Å². The molecule has 1 amide bonds. The number of amides is 1. The molecule has 0 radical (unpaired) electrons. The van der Waals surface area contributed by atoms with E-state index in [2.05, 4.69) is 0 Å². The average Bonchev–Trinajstić information content (AvgIpc) is 2.19. The third-order valence-electron chi connectivity index (χ3n) is 2.12. The largest absolute Gasteiger partial charge is 0.349 e. The normalized spacial score (nSPS) is 11.4. The maximum atomic E-state index is 11.4. The molecule has 0 aliphatic rings. The Morgan fingerprint density at radius 1 is 1.33 bits per heavy atom. The molecule has 15 heavy (non-hydrogen) atoms. The molecule has 0 saturated heterocycles. The Labute approximate surface area is 96.7 Å². The van der Waals surface area contributed by atoms with Crippen molar-refractivity contribution in [3.05, 3.63) is 35.9 Å². The summed E-state index contributed by atoms with van der Waals surface area (Å²) in [5.41, 5.74) is 6.89. The van der Waals surface area contributed by atoms with Crippen LogP contribution in [-0.4, -0.2) is 24.9 Å². The van der Waals surface area contributed by atoms with Gasteiger partial charge in [0.2, 0.25) is 5.91 Å². The molecule has 1 aromatic carbocycles. The molecule has 0 saturated carbocycles. The summed E-state index contributed by atoms with van der Waals surface area (Å²) in [6.45, 7) is 0. The van der Waals surface area contributed by atoms with Crippen molar-refractivity contribution >= 4 is 18.3 Å². The molecule has 0 fully saturated rings. The number of hydrogen-bond acceptors (Lipinski definition) is 2. The molecule has 0 heterocycles. The van der Waals surface area contributed by atoms with E-state index in [4.69, 9.17) is 5.73 Å². The van der Waals surface area contributed by atoms with Gasteiger partial charge >= 0.3 is 0 Å². The van der Waals surface area contributed by atoms with Gasteiger partial charge in [-0.2, -0.15) is 0 Å². The molecule has 0 bridgehead atoms. The van der Waals surface area contributed by atoms with Crippen molar-refractivity contribution in [2.45, 2.75) is 12.5 Å². The van der Waals surface area contributed by atoms with E-state index < -0.39 is 0 Å². The monoisotopic (exact) mass is 228 g/mol. The lowest BCUT2D eigenvalue weighted by molar-refractivity contribution is -0.129. The number of carbonyl (C=O) groups is 1. The number of nitrogens with two attached hydrogens (primary N) is 1. The van der Waals surface area contributed by atoms with Crippen molar-refractivity contribution in [1.82, 2.24) is 4.90 Å². The van der Waals surface area contributed by atoms with Crippen molar-refractivity contribution in [3.8, 4) is 0 Å². The quantitative estimate of drug-likeness (QED) is 0.854. The van der Waals surface area contributed by atoms with E-state index in [1.54, 1.807) is 19.0 Å². The number of nitrogens with zero attached hydrogens (tertiary/aromatic N) is 1. The number of benzene rings is 1. The van der Waals surface area contributed by atoms with Gasteiger partial charge in [0.1, 0.15) is 0 Å². The van der Waals surface area contributed by atoms with Gasteiger partial charge in [0.05, 0.1) is 0 Å². The van der Waals surface area contributed by atoms with E-state index >= 15 is 0 Å². The first-order chi connectivity index (χ1) is 6.61. The van der Waals surface area contributed by atoms with Crippen molar-refractivity contribution in [1.29, 1.82) is 0 Å². The fraction of sp³-hybridized carbons (Fsp3) is 0.364. The Bertz CT molecular complexity index is 301. The summed E-state index contributed by atoms with van der Waals surface area (Å²) in [5.74, 6) is 0.0568. The van der Waals surface area contributed by atoms with E-state index in [0.717, 1.165) is 5.56 Å². The number of halogens is 1. The summed E-state index contributed by atoms with van der Waals surface area (Å²) >= 11 is 0. The minimum Gasteiger partial charge on any atom is -0.349 e. The second kappa shape index (κ2) is 6.43. The van der Waals surface area contributed by atoms with Crippen molar-refractivity contribution in [2.24, 2.45) is 5.73 Å². The maximum Gasteiger partial charge on any atom is 0.223 e. The van der Waals surface area contributed by atoms with Gasteiger partial charge in [-0.25, -0.2) is 0 Å². The smallest absolute Gasteiger partial charge is 0.223 e. The van der Waals surface area contributed by atoms with Crippen molar-refractivity contribution < 1.29 is 4.79 Å². The SMILES string of the molecule is CN(C)C(=O)CC(N)c1ccccc1.Cl. The van der Waals surface area contributed by atoms with Gasteiger partial charge < -0.3 is 10.6 Å². The van der Waals surface area contributed by atoms with Gasteiger partial charge in [-0.15, -0.1) is 12.4 Å². The third-order valence-corrected chi connectivity index (χ3v) is 2.12. The van der Waals surface area contributed by atoms with Gasteiger partial charge in [0.15, 0.2) is 0 Å². The molecule has 4 heteroatoms.